The Hall–Kier alpha value is -4.27. The minimum absolute atomic E-state index is 0.0231. The first kappa shape index (κ1) is 23.9. The number of furan rings is 1. The summed E-state index contributed by atoms with van der Waals surface area (Å²) in [5.74, 6) is -1.71. The van der Waals surface area contributed by atoms with Crippen LogP contribution in [0.4, 0.5) is 24.5 Å². The summed E-state index contributed by atoms with van der Waals surface area (Å²) in [7, 11) is 0. The molecule has 1 atom stereocenters. The predicted molar refractivity (Wildman–Crippen MR) is 118 cm³/mol. The maximum Gasteiger partial charge on any atom is 0.433 e. The van der Waals surface area contributed by atoms with E-state index in [-0.39, 0.29) is 43.5 Å². The third-order valence-electron chi connectivity index (χ3n) is 5.07. The first-order chi connectivity index (χ1) is 16.4. The van der Waals surface area contributed by atoms with Gasteiger partial charge in [-0.15, -0.1) is 11.3 Å². The van der Waals surface area contributed by atoms with Crippen LogP contribution in [0, 0.1) is 17.0 Å². The topological polar surface area (TPSA) is 159 Å². The van der Waals surface area contributed by atoms with Crippen LogP contribution in [0.2, 0.25) is 0 Å². The van der Waals surface area contributed by atoms with Crippen LogP contribution in [0.15, 0.2) is 35.1 Å². The average Bonchev–Trinajstić information content (AvgIpc) is 3.50. The molecule has 0 aromatic carbocycles. The zero-order chi connectivity index (χ0) is 25.7. The number of nitrogens with zero attached hydrogens (tertiary/aromatic N) is 4. The molecule has 4 aromatic heterocycles. The number of hydrogen-bond acceptors (Lipinski definition) is 8. The Labute approximate surface area is 197 Å². The molecule has 2 amide bonds. The number of nitrogens with two attached hydrogens (primary N) is 1. The van der Waals surface area contributed by atoms with Gasteiger partial charge in [0.05, 0.1) is 16.9 Å². The lowest BCUT2D eigenvalue weighted by molar-refractivity contribution is -0.385. The van der Waals surface area contributed by atoms with Crippen LogP contribution in [0.1, 0.15) is 34.0 Å². The number of fused-ring (bicyclic) bond motifs is 1. The van der Waals surface area contributed by atoms with Crippen LogP contribution in [0.3, 0.4) is 0 Å². The van der Waals surface area contributed by atoms with Crippen molar-refractivity contribution in [3.8, 4) is 11.3 Å². The normalized spacial score (nSPS) is 12.6. The number of pyridine rings is 1. The van der Waals surface area contributed by atoms with E-state index in [1.54, 1.807) is 0 Å². The first-order valence-corrected chi connectivity index (χ1v) is 10.6. The van der Waals surface area contributed by atoms with Gasteiger partial charge in [0, 0.05) is 10.9 Å². The number of hydrogen-bond donors (Lipinski definition) is 2. The Kier molecular flexibility index (Phi) is 5.80. The number of halogens is 3. The van der Waals surface area contributed by atoms with Crippen molar-refractivity contribution in [1.29, 1.82) is 0 Å². The zero-order valence-corrected chi connectivity index (χ0v) is 18.7. The monoisotopic (exact) mass is 508 g/mol. The van der Waals surface area contributed by atoms with E-state index in [0.717, 1.165) is 16.9 Å². The maximum absolute atomic E-state index is 13.5. The number of aromatic nitrogens is 3. The molecule has 4 heterocycles. The number of anilines is 1. The molecule has 15 heteroatoms. The molecule has 0 spiro atoms. The second-order valence-electron chi connectivity index (χ2n) is 7.38. The smallest absolute Gasteiger partial charge is 0.433 e. The average molecular weight is 508 g/mol. The first-order valence-electron chi connectivity index (χ1n) is 9.78. The van der Waals surface area contributed by atoms with Gasteiger partial charge in [0.2, 0.25) is 5.91 Å². The number of carbonyl (C=O) groups excluding carboxylic acids is 2. The summed E-state index contributed by atoms with van der Waals surface area (Å²) in [6, 6.07) is 2.53. The van der Waals surface area contributed by atoms with Crippen molar-refractivity contribution < 1.29 is 32.1 Å². The van der Waals surface area contributed by atoms with Crippen molar-refractivity contribution in [1.82, 2.24) is 14.8 Å². The van der Waals surface area contributed by atoms with E-state index in [1.807, 2.05) is 0 Å². The zero-order valence-electron chi connectivity index (χ0n) is 17.9. The SMILES string of the molecule is Cc1nn(C(C)C(=O)Nc2c(C(N)=O)sc3nc(C(F)(F)F)cc(-c4ccco4)c23)cc1[N+](=O)[O-]. The fraction of sp³-hybridized carbons (Fsp3) is 0.200. The Bertz CT molecular complexity index is 1470. The quantitative estimate of drug-likeness (QED) is 0.290. The molecule has 4 rings (SSSR count). The number of amides is 2. The molecule has 0 aliphatic rings. The van der Waals surface area contributed by atoms with Gasteiger partial charge in [-0.05, 0) is 32.0 Å². The summed E-state index contributed by atoms with van der Waals surface area (Å²) in [5.41, 5.74) is 3.79. The molecule has 35 heavy (non-hydrogen) atoms. The minimum atomic E-state index is -4.79. The Morgan fingerprint density at radius 1 is 1.37 bits per heavy atom. The molecule has 1 unspecified atom stereocenters. The molecular weight excluding hydrogens is 493 g/mol. The number of nitrogens with one attached hydrogen (secondary N) is 1. The second kappa shape index (κ2) is 8.50. The molecule has 11 nitrogen and oxygen atoms in total. The van der Waals surface area contributed by atoms with Crippen molar-refractivity contribution in [3.63, 3.8) is 0 Å². The number of primary amides is 1. The van der Waals surface area contributed by atoms with E-state index in [1.165, 1.54) is 32.2 Å². The molecule has 3 N–H and O–H groups in total. The van der Waals surface area contributed by atoms with Gasteiger partial charge in [0.25, 0.3) is 5.91 Å². The van der Waals surface area contributed by atoms with Gasteiger partial charge in [-0.25, -0.2) is 4.98 Å². The summed E-state index contributed by atoms with van der Waals surface area (Å²) < 4.78 is 46.8. The number of alkyl halides is 3. The van der Waals surface area contributed by atoms with Gasteiger partial charge in [0.15, 0.2) is 0 Å². The van der Waals surface area contributed by atoms with Gasteiger partial charge in [0.1, 0.15) is 39.1 Å². The largest absolute Gasteiger partial charge is 0.464 e. The highest BCUT2D eigenvalue weighted by Crippen LogP contribution is 2.44. The summed E-state index contributed by atoms with van der Waals surface area (Å²) in [6.45, 7) is 2.80. The highest BCUT2D eigenvalue weighted by Gasteiger charge is 2.35. The van der Waals surface area contributed by atoms with E-state index in [0.29, 0.717) is 11.3 Å². The van der Waals surface area contributed by atoms with Gasteiger partial charge >= 0.3 is 11.9 Å². The van der Waals surface area contributed by atoms with E-state index in [2.05, 4.69) is 15.4 Å². The van der Waals surface area contributed by atoms with Crippen molar-refractivity contribution in [3.05, 3.63) is 57.0 Å². The van der Waals surface area contributed by atoms with Crippen LogP contribution in [-0.4, -0.2) is 31.5 Å². The fourth-order valence-corrected chi connectivity index (χ4v) is 4.37. The Morgan fingerprint density at radius 3 is 2.63 bits per heavy atom. The highest BCUT2D eigenvalue weighted by atomic mass is 32.1. The van der Waals surface area contributed by atoms with Gasteiger partial charge in [-0.2, -0.15) is 18.3 Å². The Morgan fingerprint density at radius 2 is 2.09 bits per heavy atom. The number of thiophene rings is 1. The third-order valence-corrected chi connectivity index (χ3v) is 6.17. The molecule has 4 aromatic rings. The molecule has 0 saturated heterocycles. The highest BCUT2D eigenvalue weighted by molar-refractivity contribution is 7.21. The molecular formula is C20H15F3N6O5S. The lowest BCUT2D eigenvalue weighted by Crippen LogP contribution is -2.25. The fourth-order valence-electron chi connectivity index (χ4n) is 3.36. The van der Waals surface area contributed by atoms with Gasteiger partial charge in [-0.3, -0.25) is 24.4 Å². The minimum Gasteiger partial charge on any atom is -0.464 e. The number of nitro groups is 1. The van der Waals surface area contributed by atoms with Crippen molar-refractivity contribution in [2.75, 3.05) is 5.32 Å². The summed E-state index contributed by atoms with van der Waals surface area (Å²) in [5, 5.41) is 17.6. The molecule has 0 aliphatic heterocycles. The van der Waals surface area contributed by atoms with Crippen LogP contribution in [0.25, 0.3) is 21.5 Å². The molecule has 182 valence electrons. The number of rotatable bonds is 6. The standard InChI is InChI=1S/C20H15F3N6O5S/c1-8-11(29(32)33)7-28(27-8)9(2)18(31)26-15-14-10(12-4-3-5-34-12)6-13(20(21,22)23)25-19(14)35-16(15)17(24)30/h3-7,9H,1-2H3,(H2,24,30)(H,26,31). The number of carbonyl (C=O) groups is 2. The van der Waals surface area contributed by atoms with Gasteiger partial charge in [-0.1, -0.05) is 0 Å². The van der Waals surface area contributed by atoms with E-state index in [9.17, 15) is 32.9 Å². The van der Waals surface area contributed by atoms with Crippen molar-refractivity contribution in [2.45, 2.75) is 26.1 Å². The van der Waals surface area contributed by atoms with E-state index >= 15 is 0 Å². The third kappa shape index (κ3) is 4.32. The van der Waals surface area contributed by atoms with Crippen LogP contribution in [-0.2, 0) is 11.0 Å². The van der Waals surface area contributed by atoms with Crippen LogP contribution < -0.4 is 11.1 Å². The van der Waals surface area contributed by atoms with E-state index in [4.69, 9.17) is 10.2 Å². The Balaban J connectivity index is 1.86. The molecule has 0 radical (unpaired) electrons. The molecule has 0 fully saturated rings. The summed E-state index contributed by atoms with van der Waals surface area (Å²) in [4.78, 5) is 38.8. The lowest BCUT2D eigenvalue weighted by atomic mass is 10.1. The summed E-state index contributed by atoms with van der Waals surface area (Å²) >= 11 is 0.580. The molecule has 0 aliphatic carbocycles. The second-order valence-corrected chi connectivity index (χ2v) is 8.38. The predicted octanol–water partition coefficient (Wildman–Crippen LogP) is 4.29. The van der Waals surface area contributed by atoms with E-state index < -0.39 is 34.6 Å². The maximum atomic E-state index is 13.5. The van der Waals surface area contributed by atoms with Crippen LogP contribution >= 0.6 is 11.3 Å². The lowest BCUT2D eigenvalue weighted by Gasteiger charge is -2.14. The number of aryl methyl sites for hydroxylation is 1. The summed E-state index contributed by atoms with van der Waals surface area (Å²) in [6.07, 6.45) is -2.47. The van der Waals surface area contributed by atoms with Gasteiger partial charge < -0.3 is 15.5 Å². The van der Waals surface area contributed by atoms with Crippen LogP contribution in [0.5, 0.6) is 0 Å². The van der Waals surface area contributed by atoms with Crippen molar-refractivity contribution in [2.24, 2.45) is 5.73 Å². The van der Waals surface area contributed by atoms with Crippen molar-refractivity contribution >= 4 is 44.7 Å². The molecule has 0 bridgehead atoms. The molecule has 0 saturated carbocycles.